The molecular formula is C17H27N. The summed E-state index contributed by atoms with van der Waals surface area (Å²) < 4.78 is 0. The maximum Gasteiger partial charge on any atom is 0.00694 e. The second-order valence-electron chi connectivity index (χ2n) is 5.93. The summed E-state index contributed by atoms with van der Waals surface area (Å²) in [6, 6.07) is 12.1. The van der Waals surface area contributed by atoms with Crippen LogP contribution in [0.4, 0.5) is 0 Å². The Labute approximate surface area is 112 Å². The number of benzene rings is 1. The fraction of sp³-hybridized carbons (Fsp3) is 0.647. The first-order valence-corrected chi connectivity index (χ1v) is 7.55. The smallest absolute Gasteiger partial charge is 0.00694 e. The predicted octanol–water partition coefficient (Wildman–Crippen LogP) is 4.18. The van der Waals surface area contributed by atoms with E-state index >= 15 is 0 Å². The van der Waals surface area contributed by atoms with Crippen molar-refractivity contribution in [1.82, 2.24) is 5.32 Å². The Kier molecular flexibility index (Phi) is 5.25. The Bertz CT molecular complexity index is 327. The van der Waals surface area contributed by atoms with Crippen molar-refractivity contribution >= 4 is 0 Å². The van der Waals surface area contributed by atoms with E-state index in [1.165, 1.54) is 44.1 Å². The van der Waals surface area contributed by atoms with Gasteiger partial charge in [0.05, 0.1) is 0 Å². The van der Waals surface area contributed by atoms with Crippen molar-refractivity contribution in [3.63, 3.8) is 0 Å². The summed E-state index contributed by atoms with van der Waals surface area (Å²) >= 11 is 0. The minimum atomic E-state index is 0.626. The molecule has 1 unspecified atom stereocenters. The molecule has 0 radical (unpaired) electrons. The molecule has 1 aromatic carbocycles. The molecule has 1 saturated carbocycles. The lowest BCUT2D eigenvalue weighted by atomic mass is 9.98. The molecule has 2 rings (SSSR count). The highest BCUT2D eigenvalue weighted by molar-refractivity contribution is 5.14. The van der Waals surface area contributed by atoms with Crippen LogP contribution in [0.25, 0.3) is 0 Å². The van der Waals surface area contributed by atoms with E-state index in [-0.39, 0.29) is 0 Å². The highest BCUT2D eigenvalue weighted by Gasteiger charge is 2.22. The molecule has 1 aromatic rings. The van der Waals surface area contributed by atoms with Crippen LogP contribution in [0, 0.1) is 5.92 Å². The van der Waals surface area contributed by atoms with E-state index in [2.05, 4.69) is 49.5 Å². The zero-order valence-electron chi connectivity index (χ0n) is 11.9. The summed E-state index contributed by atoms with van der Waals surface area (Å²) in [7, 11) is 0. The first kappa shape index (κ1) is 13.6. The molecule has 0 saturated heterocycles. The van der Waals surface area contributed by atoms with Crippen molar-refractivity contribution in [2.45, 2.75) is 64.5 Å². The van der Waals surface area contributed by atoms with Crippen LogP contribution in [0.5, 0.6) is 0 Å². The van der Waals surface area contributed by atoms with E-state index in [9.17, 15) is 0 Å². The van der Waals surface area contributed by atoms with Gasteiger partial charge in [-0.25, -0.2) is 0 Å². The van der Waals surface area contributed by atoms with Gasteiger partial charge >= 0.3 is 0 Å². The molecule has 1 nitrogen and oxygen atoms in total. The molecule has 0 aromatic heterocycles. The van der Waals surface area contributed by atoms with Crippen molar-refractivity contribution in [2.75, 3.05) is 0 Å². The highest BCUT2D eigenvalue weighted by Crippen LogP contribution is 2.27. The molecule has 1 heteroatoms. The number of nitrogens with one attached hydrogen (secondary N) is 1. The molecule has 1 aliphatic carbocycles. The predicted molar refractivity (Wildman–Crippen MR) is 78.8 cm³/mol. The van der Waals surface area contributed by atoms with Crippen LogP contribution in [0.2, 0.25) is 0 Å². The van der Waals surface area contributed by atoms with Gasteiger partial charge in [-0.15, -0.1) is 0 Å². The van der Waals surface area contributed by atoms with Crippen LogP contribution in [0.15, 0.2) is 30.3 Å². The van der Waals surface area contributed by atoms with Gasteiger partial charge in [-0.2, -0.15) is 0 Å². The Morgan fingerprint density at radius 2 is 1.78 bits per heavy atom. The summed E-state index contributed by atoms with van der Waals surface area (Å²) in [5, 5.41) is 3.79. The van der Waals surface area contributed by atoms with Gasteiger partial charge in [0.15, 0.2) is 0 Å². The zero-order valence-corrected chi connectivity index (χ0v) is 11.9. The first-order valence-electron chi connectivity index (χ1n) is 7.55. The molecule has 0 spiro atoms. The highest BCUT2D eigenvalue weighted by atomic mass is 14.9. The van der Waals surface area contributed by atoms with E-state index in [0.29, 0.717) is 12.1 Å². The maximum absolute atomic E-state index is 3.79. The summed E-state index contributed by atoms with van der Waals surface area (Å²) in [4.78, 5) is 0. The van der Waals surface area contributed by atoms with Crippen molar-refractivity contribution < 1.29 is 0 Å². The molecule has 1 aliphatic rings. The van der Waals surface area contributed by atoms with Gasteiger partial charge in [-0.3, -0.25) is 0 Å². The average Bonchev–Trinajstić information content (AvgIpc) is 2.91. The van der Waals surface area contributed by atoms with Crippen LogP contribution in [0.3, 0.4) is 0 Å². The molecule has 1 N–H and O–H groups in total. The normalized spacial score (nSPS) is 19.9. The Morgan fingerprint density at radius 1 is 1.11 bits per heavy atom. The van der Waals surface area contributed by atoms with Crippen molar-refractivity contribution in [3.8, 4) is 0 Å². The van der Waals surface area contributed by atoms with E-state index in [4.69, 9.17) is 0 Å². The van der Waals surface area contributed by atoms with E-state index in [1.54, 1.807) is 0 Å². The Morgan fingerprint density at radius 3 is 2.44 bits per heavy atom. The van der Waals surface area contributed by atoms with Crippen LogP contribution in [0.1, 0.15) is 51.5 Å². The number of hydrogen-bond donors (Lipinski definition) is 1. The number of rotatable bonds is 6. The van der Waals surface area contributed by atoms with Gasteiger partial charge < -0.3 is 5.32 Å². The Balaban J connectivity index is 1.70. The lowest BCUT2D eigenvalue weighted by Crippen LogP contribution is -2.38. The average molecular weight is 245 g/mol. The second kappa shape index (κ2) is 6.94. The van der Waals surface area contributed by atoms with E-state index < -0.39 is 0 Å². The van der Waals surface area contributed by atoms with Gasteiger partial charge in [-0.05, 0) is 51.0 Å². The molecule has 0 amide bonds. The number of hydrogen-bond acceptors (Lipinski definition) is 1. The van der Waals surface area contributed by atoms with Crippen molar-refractivity contribution in [2.24, 2.45) is 5.92 Å². The van der Waals surface area contributed by atoms with Crippen molar-refractivity contribution in [1.29, 1.82) is 0 Å². The third kappa shape index (κ3) is 4.13. The third-order valence-electron chi connectivity index (χ3n) is 4.36. The van der Waals surface area contributed by atoms with Crippen LogP contribution in [-0.4, -0.2) is 12.1 Å². The topological polar surface area (TPSA) is 12.0 Å². The van der Waals surface area contributed by atoms with E-state index in [0.717, 1.165) is 5.92 Å². The molecule has 1 fully saturated rings. The largest absolute Gasteiger partial charge is 0.311 e. The van der Waals surface area contributed by atoms with Gasteiger partial charge in [0.25, 0.3) is 0 Å². The summed E-state index contributed by atoms with van der Waals surface area (Å²) in [6.07, 6.45) is 8.16. The molecular weight excluding hydrogens is 218 g/mol. The number of aryl methyl sites for hydroxylation is 1. The quantitative estimate of drug-likeness (QED) is 0.793. The lowest BCUT2D eigenvalue weighted by Gasteiger charge is -2.25. The molecule has 100 valence electrons. The van der Waals surface area contributed by atoms with Gasteiger partial charge in [0.1, 0.15) is 0 Å². The molecule has 2 atom stereocenters. The summed E-state index contributed by atoms with van der Waals surface area (Å²) in [5.41, 5.74) is 1.46. The molecule has 0 heterocycles. The zero-order chi connectivity index (χ0) is 12.8. The fourth-order valence-electron chi connectivity index (χ4n) is 3.15. The fourth-order valence-corrected chi connectivity index (χ4v) is 3.15. The van der Waals surface area contributed by atoms with Gasteiger partial charge in [0.2, 0.25) is 0 Å². The standard InChI is InChI=1S/C17H27N/c1-14(12-13-16-8-4-3-5-9-16)18-15(2)17-10-6-7-11-17/h3-5,8-9,14-15,17-18H,6-7,10-13H2,1-2H3/t14?,15-/m0/s1. The summed E-state index contributed by atoms with van der Waals surface area (Å²) in [6.45, 7) is 4.70. The maximum atomic E-state index is 3.79. The monoisotopic (exact) mass is 245 g/mol. The molecule has 18 heavy (non-hydrogen) atoms. The lowest BCUT2D eigenvalue weighted by molar-refractivity contribution is 0.341. The SMILES string of the molecule is CC(CCc1ccccc1)N[C@@H](C)C1CCCC1. The third-order valence-corrected chi connectivity index (χ3v) is 4.36. The minimum absolute atomic E-state index is 0.626. The second-order valence-corrected chi connectivity index (χ2v) is 5.93. The summed E-state index contributed by atoms with van der Waals surface area (Å²) in [5.74, 6) is 0.921. The molecule has 0 bridgehead atoms. The minimum Gasteiger partial charge on any atom is -0.311 e. The van der Waals surface area contributed by atoms with Crippen LogP contribution in [-0.2, 0) is 6.42 Å². The molecule has 0 aliphatic heterocycles. The van der Waals surface area contributed by atoms with Gasteiger partial charge in [0, 0.05) is 12.1 Å². The van der Waals surface area contributed by atoms with Gasteiger partial charge in [-0.1, -0.05) is 43.2 Å². The van der Waals surface area contributed by atoms with Crippen LogP contribution < -0.4 is 5.32 Å². The van der Waals surface area contributed by atoms with Crippen molar-refractivity contribution in [3.05, 3.63) is 35.9 Å². The van der Waals surface area contributed by atoms with E-state index in [1.807, 2.05) is 0 Å². The Hall–Kier alpha value is -0.820. The first-order chi connectivity index (χ1) is 8.75. The van der Waals surface area contributed by atoms with Crippen LogP contribution >= 0.6 is 0 Å².